The van der Waals surface area contributed by atoms with Gasteiger partial charge in [0.1, 0.15) is 12.1 Å². The van der Waals surface area contributed by atoms with Crippen LogP contribution in [-0.2, 0) is 4.74 Å². The Bertz CT molecular complexity index is 728. The summed E-state index contributed by atoms with van der Waals surface area (Å²) in [5.74, 6) is 1.57. The molecule has 0 aromatic carbocycles. The Balaban J connectivity index is 1.31. The van der Waals surface area contributed by atoms with Crippen molar-refractivity contribution < 1.29 is 4.74 Å². The molecular formula is C22H36N6O. The Kier molecular flexibility index (Phi) is 5.05. The van der Waals surface area contributed by atoms with E-state index in [0.29, 0.717) is 30.1 Å². The first-order valence-corrected chi connectivity index (χ1v) is 11.4. The van der Waals surface area contributed by atoms with Crippen LogP contribution < -0.4 is 15.8 Å². The summed E-state index contributed by atoms with van der Waals surface area (Å²) in [6.07, 6.45) is 7.99. The van der Waals surface area contributed by atoms with Crippen LogP contribution in [0.5, 0.6) is 0 Å². The van der Waals surface area contributed by atoms with Crippen LogP contribution in [0.25, 0.3) is 0 Å². The van der Waals surface area contributed by atoms with Gasteiger partial charge < -0.3 is 9.64 Å². The average Bonchev–Trinajstić information content (AvgIpc) is 3.28. The third kappa shape index (κ3) is 3.90. The van der Waals surface area contributed by atoms with Crippen LogP contribution >= 0.6 is 0 Å². The van der Waals surface area contributed by atoms with E-state index in [1.54, 1.807) is 6.33 Å². The molecule has 0 amide bonds. The molecule has 0 bridgehead atoms. The quantitative estimate of drug-likeness (QED) is 0.804. The highest BCUT2D eigenvalue weighted by Crippen LogP contribution is 2.45. The molecule has 1 aromatic heterocycles. The van der Waals surface area contributed by atoms with Crippen LogP contribution in [0.1, 0.15) is 64.6 Å². The number of hydrogen-bond acceptors (Lipinski definition) is 7. The lowest BCUT2D eigenvalue weighted by molar-refractivity contribution is -0.0500. The van der Waals surface area contributed by atoms with Gasteiger partial charge in [0.2, 0.25) is 0 Å². The molecule has 2 saturated heterocycles. The zero-order valence-electron chi connectivity index (χ0n) is 18.3. The largest absolute Gasteiger partial charge is 0.372 e. The molecule has 2 N–H and O–H groups in total. The highest BCUT2D eigenvalue weighted by molar-refractivity contribution is 5.41. The van der Waals surface area contributed by atoms with Gasteiger partial charge in [0.15, 0.2) is 0 Å². The van der Waals surface area contributed by atoms with Gasteiger partial charge >= 0.3 is 0 Å². The Morgan fingerprint density at radius 2 is 1.86 bits per heavy atom. The van der Waals surface area contributed by atoms with Crippen molar-refractivity contribution in [1.82, 2.24) is 25.7 Å². The van der Waals surface area contributed by atoms with Crippen molar-refractivity contribution in [3.63, 3.8) is 0 Å². The summed E-state index contributed by atoms with van der Waals surface area (Å²) in [6, 6.07) is 3.98. The molecule has 4 aliphatic rings. The molecular weight excluding hydrogens is 364 g/mol. The van der Waals surface area contributed by atoms with Gasteiger partial charge in [-0.3, -0.25) is 10.3 Å². The number of aromatic nitrogens is 2. The van der Waals surface area contributed by atoms with Crippen molar-refractivity contribution >= 4 is 5.82 Å². The zero-order chi connectivity index (χ0) is 20.2. The highest BCUT2D eigenvalue weighted by atomic mass is 16.5. The van der Waals surface area contributed by atoms with Crippen molar-refractivity contribution in [2.45, 2.75) is 88.7 Å². The predicted octanol–water partition coefficient (Wildman–Crippen LogP) is 2.26. The van der Waals surface area contributed by atoms with E-state index in [-0.39, 0.29) is 11.6 Å². The topological polar surface area (TPSA) is 65.5 Å². The molecule has 4 fully saturated rings. The van der Waals surface area contributed by atoms with E-state index in [1.165, 1.54) is 19.3 Å². The monoisotopic (exact) mass is 400 g/mol. The molecule has 0 radical (unpaired) electrons. The SMILES string of the molecule is C[C@@H]1CN(c2cc(C3NNC4CCC(OC5(C)CC5)CC43)ncn2)C[C@H](C)N1C. The molecule has 4 unspecified atom stereocenters. The van der Waals surface area contributed by atoms with Gasteiger partial charge in [0.05, 0.1) is 23.4 Å². The number of likely N-dealkylation sites (N-methyl/N-ethyl adjacent to an activating group) is 1. The van der Waals surface area contributed by atoms with Crippen molar-refractivity contribution in [3.8, 4) is 0 Å². The average molecular weight is 401 g/mol. The number of ether oxygens (including phenoxy) is 1. The van der Waals surface area contributed by atoms with Gasteiger partial charge in [0, 0.05) is 43.2 Å². The Morgan fingerprint density at radius 3 is 2.59 bits per heavy atom. The molecule has 2 aliphatic heterocycles. The lowest BCUT2D eigenvalue weighted by Crippen LogP contribution is -2.55. The molecule has 0 spiro atoms. The minimum atomic E-state index is 0.156. The molecule has 3 heterocycles. The second kappa shape index (κ2) is 7.45. The van der Waals surface area contributed by atoms with Crippen LogP contribution in [0.2, 0.25) is 0 Å². The fourth-order valence-corrected chi connectivity index (χ4v) is 5.41. The number of hydrazine groups is 1. The summed E-state index contributed by atoms with van der Waals surface area (Å²) in [5, 5.41) is 0. The summed E-state index contributed by atoms with van der Waals surface area (Å²) in [4.78, 5) is 14.2. The maximum Gasteiger partial charge on any atom is 0.132 e. The first-order chi connectivity index (χ1) is 13.9. The fourth-order valence-electron chi connectivity index (χ4n) is 5.41. The molecule has 2 aliphatic carbocycles. The summed E-state index contributed by atoms with van der Waals surface area (Å²) in [7, 11) is 2.22. The molecule has 160 valence electrons. The smallest absolute Gasteiger partial charge is 0.132 e. The summed E-state index contributed by atoms with van der Waals surface area (Å²) in [6.45, 7) is 8.86. The Morgan fingerprint density at radius 1 is 1.10 bits per heavy atom. The van der Waals surface area contributed by atoms with E-state index >= 15 is 0 Å². The molecule has 6 atom stereocenters. The Labute approximate surface area is 174 Å². The second-order valence-electron chi connectivity index (χ2n) is 10.1. The van der Waals surface area contributed by atoms with E-state index in [0.717, 1.165) is 37.4 Å². The third-order valence-corrected chi connectivity index (χ3v) is 7.79. The number of nitrogens with zero attached hydrogens (tertiary/aromatic N) is 4. The molecule has 2 saturated carbocycles. The first kappa shape index (κ1) is 19.7. The summed E-state index contributed by atoms with van der Waals surface area (Å²) < 4.78 is 6.43. The van der Waals surface area contributed by atoms with Crippen molar-refractivity contribution in [2.75, 3.05) is 25.0 Å². The van der Waals surface area contributed by atoms with E-state index in [2.05, 4.69) is 64.5 Å². The van der Waals surface area contributed by atoms with Crippen LogP contribution in [0, 0.1) is 5.92 Å². The summed E-state index contributed by atoms with van der Waals surface area (Å²) in [5.41, 5.74) is 8.35. The maximum absolute atomic E-state index is 6.43. The first-order valence-electron chi connectivity index (χ1n) is 11.4. The number of anilines is 1. The zero-order valence-corrected chi connectivity index (χ0v) is 18.3. The van der Waals surface area contributed by atoms with Gasteiger partial charge in [-0.25, -0.2) is 15.4 Å². The molecule has 29 heavy (non-hydrogen) atoms. The Hall–Kier alpha value is -1.28. The van der Waals surface area contributed by atoms with Crippen molar-refractivity contribution in [2.24, 2.45) is 5.92 Å². The van der Waals surface area contributed by atoms with E-state index in [4.69, 9.17) is 4.74 Å². The molecule has 5 rings (SSSR count). The van der Waals surface area contributed by atoms with Crippen molar-refractivity contribution in [3.05, 3.63) is 18.1 Å². The van der Waals surface area contributed by atoms with Crippen LogP contribution in [0.15, 0.2) is 12.4 Å². The lowest BCUT2D eigenvalue weighted by atomic mass is 9.79. The maximum atomic E-state index is 6.43. The number of piperazine rings is 1. The van der Waals surface area contributed by atoms with Gasteiger partial charge in [-0.05, 0) is 59.9 Å². The molecule has 7 nitrogen and oxygen atoms in total. The number of fused-ring (bicyclic) bond motifs is 1. The van der Waals surface area contributed by atoms with Crippen LogP contribution in [-0.4, -0.2) is 64.8 Å². The fraction of sp³-hybridized carbons (Fsp3) is 0.818. The van der Waals surface area contributed by atoms with Crippen LogP contribution in [0.3, 0.4) is 0 Å². The van der Waals surface area contributed by atoms with Crippen LogP contribution in [0.4, 0.5) is 5.82 Å². The van der Waals surface area contributed by atoms with Gasteiger partial charge in [0.25, 0.3) is 0 Å². The number of rotatable bonds is 4. The lowest BCUT2D eigenvalue weighted by Gasteiger charge is -2.43. The number of hydrogen-bond donors (Lipinski definition) is 2. The molecule has 7 heteroatoms. The normalized spacial score (nSPS) is 39.4. The molecule has 1 aromatic rings. The van der Waals surface area contributed by atoms with E-state index < -0.39 is 0 Å². The minimum absolute atomic E-state index is 0.156. The van der Waals surface area contributed by atoms with Crippen molar-refractivity contribution in [1.29, 1.82) is 0 Å². The van der Waals surface area contributed by atoms with Gasteiger partial charge in [-0.1, -0.05) is 0 Å². The predicted molar refractivity (Wildman–Crippen MR) is 114 cm³/mol. The number of nitrogens with one attached hydrogen (secondary N) is 2. The standard InChI is InChI=1S/C22H36N6O/c1-14-11-28(12-15(2)27(14)4)20-10-19(23-13-24-20)21-17-9-16(29-22(3)7-8-22)5-6-18(17)25-26-21/h10,13-18,21,25-26H,5-9,11-12H2,1-4H3/t14-,15+,16?,17?,18?,21?. The minimum Gasteiger partial charge on any atom is -0.372 e. The third-order valence-electron chi connectivity index (χ3n) is 7.79. The van der Waals surface area contributed by atoms with E-state index in [9.17, 15) is 0 Å². The van der Waals surface area contributed by atoms with Gasteiger partial charge in [-0.2, -0.15) is 0 Å². The highest BCUT2D eigenvalue weighted by Gasteiger charge is 2.46. The van der Waals surface area contributed by atoms with E-state index in [1.807, 2.05) is 0 Å². The van der Waals surface area contributed by atoms with Gasteiger partial charge in [-0.15, -0.1) is 0 Å². The second-order valence-corrected chi connectivity index (χ2v) is 10.1. The summed E-state index contributed by atoms with van der Waals surface area (Å²) >= 11 is 0.